The average molecular weight is 672 g/mol. The molecular weight excluding hydrogens is 631 g/mol. The lowest BCUT2D eigenvalue weighted by atomic mass is 9.99. The van der Waals surface area contributed by atoms with Crippen LogP contribution in [-0.4, -0.2) is 0 Å². The summed E-state index contributed by atoms with van der Waals surface area (Å²) in [5.74, 6) is 0. The first-order valence-electron chi connectivity index (χ1n) is 17.9. The van der Waals surface area contributed by atoms with Gasteiger partial charge in [0.05, 0.1) is 17.1 Å². The van der Waals surface area contributed by atoms with E-state index in [0.717, 1.165) is 56.7 Å². The molecule has 0 fully saturated rings. The van der Waals surface area contributed by atoms with Crippen molar-refractivity contribution in [2.75, 3.05) is 14.7 Å². The maximum Gasteiger partial charge on any atom is 0.0532 e. The highest BCUT2D eigenvalue weighted by molar-refractivity contribution is 5.96. The van der Waals surface area contributed by atoms with E-state index >= 15 is 0 Å². The maximum atomic E-state index is 2.44. The number of rotatable bonds is 9. The topological polar surface area (TPSA) is 9.72 Å². The quantitative estimate of drug-likeness (QED) is 0.151. The van der Waals surface area contributed by atoms with Crippen molar-refractivity contribution in [1.82, 2.24) is 0 Å². The van der Waals surface area contributed by atoms with Crippen LogP contribution in [-0.2, 0) is 0 Å². The maximum absolute atomic E-state index is 2.44. The van der Waals surface area contributed by atoms with E-state index in [9.17, 15) is 0 Å². The molecule has 0 saturated heterocycles. The van der Waals surface area contributed by atoms with Crippen LogP contribution in [0, 0.1) is 20.8 Å². The molecule has 0 heterocycles. The Labute approximate surface area is 307 Å². The Balaban J connectivity index is 1.48. The van der Waals surface area contributed by atoms with Gasteiger partial charge < -0.3 is 14.7 Å². The van der Waals surface area contributed by atoms with E-state index < -0.39 is 0 Å². The normalized spacial score (nSPS) is 11.0. The second-order valence-electron chi connectivity index (χ2n) is 13.2. The van der Waals surface area contributed by atoms with Crippen molar-refractivity contribution in [2.24, 2.45) is 0 Å². The largest absolute Gasteiger partial charge is 0.310 e. The van der Waals surface area contributed by atoms with Crippen LogP contribution in [0.3, 0.4) is 0 Å². The zero-order valence-corrected chi connectivity index (χ0v) is 29.8. The van der Waals surface area contributed by atoms with Crippen LogP contribution >= 0.6 is 0 Å². The second-order valence-corrected chi connectivity index (χ2v) is 13.2. The first-order chi connectivity index (χ1) is 25.6. The van der Waals surface area contributed by atoms with Crippen molar-refractivity contribution >= 4 is 62.0 Å². The van der Waals surface area contributed by atoms with Gasteiger partial charge in [0.1, 0.15) is 0 Å². The molecule has 3 nitrogen and oxygen atoms in total. The van der Waals surface area contributed by atoms with Gasteiger partial charge in [-0.25, -0.2) is 0 Å². The number of hydrogen-bond donors (Lipinski definition) is 0. The molecule has 0 radical (unpaired) electrons. The summed E-state index contributed by atoms with van der Waals surface area (Å²) >= 11 is 0. The summed E-state index contributed by atoms with van der Waals surface area (Å²) in [4.78, 5) is 7.23. The molecule has 0 aliphatic carbocycles. The fourth-order valence-corrected chi connectivity index (χ4v) is 7.31. The van der Waals surface area contributed by atoms with Crippen molar-refractivity contribution in [1.29, 1.82) is 0 Å². The molecule has 0 atom stereocenters. The highest BCUT2D eigenvalue weighted by Crippen LogP contribution is 2.49. The number of nitrogens with zero attached hydrogens (tertiary/aromatic N) is 3. The molecule has 0 saturated carbocycles. The summed E-state index contributed by atoms with van der Waals surface area (Å²) in [5.41, 5.74) is 13.5. The number of fused-ring (bicyclic) bond motifs is 1. The van der Waals surface area contributed by atoms with E-state index in [1.807, 2.05) is 0 Å². The van der Waals surface area contributed by atoms with E-state index in [0.29, 0.717) is 0 Å². The average Bonchev–Trinajstić information content (AvgIpc) is 3.20. The first kappa shape index (κ1) is 32.6. The molecule has 0 aliphatic heterocycles. The van der Waals surface area contributed by atoms with Crippen LogP contribution in [0.25, 0.3) is 10.8 Å². The lowest BCUT2D eigenvalue weighted by molar-refractivity contribution is 1.18. The monoisotopic (exact) mass is 671 g/mol. The number of benzene rings is 8. The van der Waals surface area contributed by atoms with E-state index in [1.54, 1.807) is 0 Å². The molecular formula is C49H41N3. The molecule has 252 valence electrons. The van der Waals surface area contributed by atoms with Crippen LogP contribution in [0.1, 0.15) is 16.7 Å². The van der Waals surface area contributed by atoms with Crippen molar-refractivity contribution < 1.29 is 0 Å². The lowest BCUT2D eigenvalue weighted by Gasteiger charge is -2.35. The third kappa shape index (κ3) is 6.18. The van der Waals surface area contributed by atoms with Crippen molar-refractivity contribution in [3.8, 4) is 0 Å². The van der Waals surface area contributed by atoms with Crippen LogP contribution in [0.2, 0.25) is 0 Å². The molecule has 0 unspecified atom stereocenters. The molecule has 0 aromatic heterocycles. The fraction of sp³-hybridized carbons (Fsp3) is 0.0612. The summed E-state index contributed by atoms with van der Waals surface area (Å²) in [5, 5.41) is 2.48. The minimum absolute atomic E-state index is 1.06. The second kappa shape index (κ2) is 14.3. The minimum Gasteiger partial charge on any atom is -0.310 e. The third-order valence-electron chi connectivity index (χ3n) is 9.90. The van der Waals surface area contributed by atoms with Gasteiger partial charge in [-0.3, -0.25) is 0 Å². The predicted octanol–water partition coefficient (Wildman–Crippen LogP) is 14.2. The summed E-state index contributed by atoms with van der Waals surface area (Å²) in [6, 6.07) is 69.4. The number of anilines is 9. The summed E-state index contributed by atoms with van der Waals surface area (Å²) in [6.07, 6.45) is 0. The van der Waals surface area contributed by atoms with Crippen LogP contribution in [0.15, 0.2) is 194 Å². The lowest BCUT2D eigenvalue weighted by Crippen LogP contribution is -2.19. The Kier molecular flexibility index (Phi) is 8.99. The van der Waals surface area contributed by atoms with Gasteiger partial charge in [0, 0.05) is 34.1 Å². The highest BCUT2D eigenvalue weighted by Gasteiger charge is 2.26. The molecule has 0 N–H and O–H groups in total. The van der Waals surface area contributed by atoms with Gasteiger partial charge in [-0.15, -0.1) is 0 Å². The van der Waals surface area contributed by atoms with E-state index in [1.165, 1.54) is 21.9 Å². The zero-order chi connectivity index (χ0) is 35.4. The molecule has 0 aliphatic rings. The summed E-state index contributed by atoms with van der Waals surface area (Å²) in [6.45, 7) is 6.71. The van der Waals surface area contributed by atoms with Gasteiger partial charge in [-0.1, -0.05) is 121 Å². The molecule has 0 bridgehead atoms. The zero-order valence-electron chi connectivity index (χ0n) is 29.8. The SMILES string of the molecule is Cc1ccccc1N(c1ccccc1)c1cc(N(c2ccccc2)c2ccccc2)cc(N(c2ccccc2)c2ccc3ccccc3c2C)c1C. The number of hydrogen-bond acceptors (Lipinski definition) is 3. The van der Waals surface area contributed by atoms with Crippen LogP contribution in [0.4, 0.5) is 51.2 Å². The predicted molar refractivity (Wildman–Crippen MR) is 222 cm³/mol. The Morgan fingerprint density at radius 2 is 0.712 bits per heavy atom. The molecule has 8 aromatic carbocycles. The molecule has 0 spiro atoms. The number of para-hydroxylation sites is 5. The Morgan fingerprint density at radius 3 is 1.23 bits per heavy atom. The van der Waals surface area contributed by atoms with Gasteiger partial charge >= 0.3 is 0 Å². The standard InChI is InChI=1S/C49H41N3/c1-36-20-16-19-31-46(36)51(42-26-12-6-13-27-42)48-34-44(50(40-22-8-4-9-23-40)41-24-10-5-11-25-41)35-49(38(48)3)52(43-28-14-7-15-29-43)47-33-32-39-21-17-18-30-45(39)37(47)2/h4-35H,1-3H3. The minimum atomic E-state index is 1.06. The molecule has 0 amide bonds. The third-order valence-corrected chi connectivity index (χ3v) is 9.90. The Bertz CT molecular complexity index is 2400. The van der Waals surface area contributed by atoms with Gasteiger partial charge in [0.25, 0.3) is 0 Å². The smallest absolute Gasteiger partial charge is 0.0532 e. The van der Waals surface area contributed by atoms with Crippen molar-refractivity contribution in [2.45, 2.75) is 20.8 Å². The first-order valence-corrected chi connectivity index (χ1v) is 17.9. The Hall–Kier alpha value is -6.58. The van der Waals surface area contributed by atoms with E-state index in [-0.39, 0.29) is 0 Å². The van der Waals surface area contributed by atoms with Crippen molar-refractivity contribution in [3.63, 3.8) is 0 Å². The molecule has 52 heavy (non-hydrogen) atoms. The molecule has 8 aromatic rings. The van der Waals surface area contributed by atoms with E-state index in [2.05, 4.69) is 230 Å². The van der Waals surface area contributed by atoms with Crippen LogP contribution in [0.5, 0.6) is 0 Å². The van der Waals surface area contributed by atoms with Gasteiger partial charge in [-0.2, -0.15) is 0 Å². The van der Waals surface area contributed by atoms with Crippen LogP contribution < -0.4 is 14.7 Å². The van der Waals surface area contributed by atoms with Crippen molar-refractivity contribution in [3.05, 3.63) is 211 Å². The highest BCUT2D eigenvalue weighted by atomic mass is 15.2. The summed E-state index contributed by atoms with van der Waals surface area (Å²) < 4.78 is 0. The molecule has 8 rings (SSSR count). The fourth-order valence-electron chi connectivity index (χ4n) is 7.31. The van der Waals surface area contributed by atoms with E-state index in [4.69, 9.17) is 0 Å². The van der Waals surface area contributed by atoms with Gasteiger partial charge in [0.15, 0.2) is 0 Å². The number of aryl methyl sites for hydroxylation is 2. The summed E-state index contributed by atoms with van der Waals surface area (Å²) in [7, 11) is 0. The molecule has 3 heteroatoms. The van der Waals surface area contributed by atoms with Gasteiger partial charge in [0.2, 0.25) is 0 Å². The Morgan fingerprint density at radius 1 is 0.288 bits per heavy atom. The van der Waals surface area contributed by atoms with Gasteiger partial charge in [-0.05, 0) is 121 Å².